The zero-order chi connectivity index (χ0) is 18.6. The van der Waals surface area contributed by atoms with Crippen LogP contribution in [0.3, 0.4) is 0 Å². The first-order valence-corrected chi connectivity index (χ1v) is 9.77. The van der Waals surface area contributed by atoms with Crippen LogP contribution in [-0.4, -0.2) is 62.2 Å². The fourth-order valence-corrected chi connectivity index (χ4v) is 3.11. The first-order chi connectivity index (χ1) is 11.7. The van der Waals surface area contributed by atoms with Crippen molar-refractivity contribution in [2.24, 2.45) is 0 Å². The van der Waals surface area contributed by atoms with E-state index in [0.29, 0.717) is 11.3 Å². The lowest BCUT2D eigenvalue weighted by molar-refractivity contribution is -0.127. The van der Waals surface area contributed by atoms with E-state index in [1.54, 1.807) is 24.3 Å². The molecule has 136 valence electrons. The fourth-order valence-electron chi connectivity index (χ4n) is 2.45. The van der Waals surface area contributed by atoms with Crippen molar-refractivity contribution in [1.29, 1.82) is 0 Å². The van der Waals surface area contributed by atoms with Gasteiger partial charge in [0.25, 0.3) is 5.91 Å². The second-order valence-electron chi connectivity index (χ2n) is 5.81. The van der Waals surface area contributed by atoms with Gasteiger partial charge in [-0.25, -0.2) is 13.2 Å². The molecule has 1 fully saturated rings. The number of nitrogens with zero attached hydrogens (tertiary/aromatic N) is 1. The molecule has 0 spiro atoms. The summed E-state index contributed by atoms with van der Waals surface area (Å²) in [5, 5.41) is 2.47. The van der Waals surface area contributed by atoms with E-state index in [-0.39, 0.29) is 31.1 Å². The number of benzene rings is 1. The van der Waals surface area contributed by atoms with Gasteiger partial charge in [-0.2, -0.15) is 0 Å². The van der Waals surface area contributed by atoms with Gasteiger partial charge >= 0.3 is 6.03 Å². The van der Waals surface area contributed by atoms with Crippen LogP contribution >= 0.6 is 0 Å². The number of para-hydroxylation sites is 1. The molecule has 0 saturated carbocycles. The number of carbonyl (C=O) groups is 3. The van der Waals surface area contributed by atoms with E-state index >= 15 is 0 Å². The third-order valence-electron chi connectivity index (χ3n) is 3.72. The Balaban J connectivity index is 1.92. The molecule has 1 saturated heterocycles. The Morgan fingerprint density at radius 3 is 2.60 bits per heavy atom. The summed E-state index contributed by atoms with van der Waals surface area (Å²) in [6.45, 7) is 1.46. The van der Waals surface area contributed by atoms with Gasteiger partial charge in [0.2, 0.25) is 0 Å². The number of ether oxygens (including phenoxy) is 1. The molecule has 0 bridgehead atoms. The Hall–Kier alpha value is -2.42. The van der Waals surface area contributed by atoms with E-state index < -0.39 is 27.8 Å². The molecule has 3 amide bonds. The molecule has 0 aliphatic carbocycles. The molecule has 25 heavy (non-hydrogen) atoms. The number of carbonyl (C=O) groups excluding carboxylic acids is 3. The minimum absolute atomic E-state index is 0.00623. The van der Waals surface area contributed by atoms with E-state index in [0.717, 1.165) is 11.2 Å². The van der Waals surface area contributed by atoms with Crippen molar-refractivity contribution in [2.45, 2.75) is 19.4 Å². The maximum Gasteiger partial charge on any atom is 0.324 e. The van der Waals surface area contributed by atoms with Crippen LogP contribution in [0.15, 0.2) is 24.3 Å². The highest BCUT2D eigenvalue weighted by Gasteiger charge is 2.37. The second-order valence-corrected chi connectivity index (χ2v) is 8.07. The van der Waals surface area contributed by atoms with Gasteiger partial charge in [-0.1, -0.05) is 12.1 Å². The zero-order valence-corrected chi connectivity index (χ0v) is 14.8. The summed E-state index contributed by atoms with van der Waals surface area (Å²) < 4.78 is 27.9. The van der Waals surface area contributed by atoms with Crippen molar-refractivity contribution in [3.05, 3.63) is 29.8 Å². The molecule has 1 aromatic carbocycles. The standard InChI is InChI=1S/C16H20N2O6S/c1-11(19)12-5-3-4-6-14(12)24-9-8-18-15(20)13(17-16(18)21)7-10-25(2,22)23/h3-6,13H,7-10H2,1-2H3,(H,17,21)/t13-/m0/s1. The van der Waals surface area contributed by atoms with Crippen molar-refractivity contribution < 1.29 is 27.5 Å². The predicted molar refractivity (Wildman–Crippen MR) is 90.3 cm³/mol. The Morgan fingerprint density at radius 1 is 1.28 bits per heavy atom. The lowest BCUT2D eigenvalue weighted by Gasteiger charge is -2.15. The summed E-state index contributed by atoms with van der Waals surface area (Å²) in [5.74, 6) is -0.417. The average molecular weight is 368 g/mol. The van der Waals surface area contributed by atoms with Crippen LogP contribution in [0.25, 0.3) is 0 Å². The molecule has 1 atom stereocenters. The van der Waals surface area contributed by atoms with Gasteiger partial charge in [0.15, 0.2) is 5.78 Å². The summed E-state index contributed by atoms with van der Waals surface area (Å²) in [5.41, 5.74) is 0.422. The molecular formula is C16H20N2O6S. The number of imide groups is 1. The van der Waals surface area contributed by atoms with Crippen LogP contribution in [0, 0.1) is 0 Å². The van der Waals surface area contributed by atoms with Crippen LogP contribution in [0.2, 0.25) is 0 Å². The van der Waals surface area contributed by atoms with Gasteiger partial charge in [-0.3, -0.25) is 14.5 Å². The predicted octanol–water partition coefficient (Wildman–Crippen LogP) is 0.623. The molecule has 1 aliphatic rings. The second kappa shape index (κ2) is 7.64. The van der Waals surface area contributed by atoms with Crippen LogP contribution in [0.4, 0.5) is 4.79 Å². The minimum atomic E-state index is -3.21. The van der Waals surface area contributed by atoms with Gasteiger partial charge in [-0.05, 0) is 25.5 Å². The number of Topliss-reactive ketones (excluding diaryl/α,β-unsaturated/α-hetero) is 1. The van der Waals surface area contributed by atoms with Gasteiger partial charge in [-0.15, -0.1) is 0 Å². The van der Waals surface area contributed by atoms with Gasteiger partial charge in [0.1, 0.15) is 28.2 Å². The van der Waals surface area contributed by atoms with Crippen LogP contribution < -0.4 is 10.1 Å². The number of sulfone groups is 1. The molecule has 0 unspecified atom stereocenters. The summed E-state index contributed by atoms with van der Waals surface area (Å²) in [4.78, 5) is 36.6. The molecule has 8 nitrogen and oxygen atoms in total. The number of urea groups is 1. The van der Waals surface area contributed by atoms with Gasteiger partial charge < -0.3 is 10.1 Å². The summed E-state index contributed by atoms with van der Waals surface area (Å²) in [6, 6.07) is 5.28. The number of nitrogens with one attached hydrogen (secondary N) is 1. The first kappa shape index (κ1) is 18.9. The molecule has 1 aromatic rings. The molecule has 2 rings (SSSR count). The van der Waals surface area contributed by atoms with E-state index in [9.17, 15) is 22.8 Å². The normalized spacial score (nSPS) is 17.5. The highest BCUT2D eigenvalue weighted by molar-refractivity contribution is 7.90. The van der Waals surface area contributed by atoms with Gasteiger partial charge in [0, 0.05) is 6.26 Å². The lowest BCUT2D eigenvalue weighted by atomic mass is 10.1. The van der Waals surface area contributed by atoms with Crippen molar-refractivity contribution in [2.75, 3.05) is 25.2 Å². The fraction of sp³-hybridized carbons (Fsp3) is 0.438. The molecule has 1 N–H and O–H groups in total. The zero-order valence-electron chi connectivity index (χ0n) is 14.0. The Morgan fingerprint density at radius 2 is 1.96 bits per heavy atom. The monoisotopic (exact) mass is 368 g/mol. The number of amides is 3. The Labute approximate surface area is 146 Å². The number of hydrogen-bond donors (Lipinski definition) is 1. The molecule has 1 aliphatic heterocycles. The summed E-state index contributed by atoms with van der Waals surface area (Å²) in [7, 11) is -3.21. The molecule has 0 radical (unpaired) electrons. The average Bonchev–Trinajstić information content (AvgIpc) is 2.80. The maximum absolute atomic E-state index is 12.2. The topological polar surface area (TPSA) is 110 Å². The largest absolute Gasteiger partial charge is 0.491 e. The minimum Gasteiger partial charge on any atom is -0.491 e. The summed E-state index contributed by atoms with van der Waals surface area (Å²) in [6.07, 6.45) is 1.11. The van der Waals surface area contributed by atoms with E-state index in [4.69, 9.17) is 4.74 Å². The Kier molecular flexibility index (Phi) is 5.78. The third kappa shape index (κ3) is 5.02. The Bertz CT molecular complexity index is 790. The van der Waals surface area contributed by atoms with Gasteiger partial charge in [0.05, 0.1) is 17.9 Å². The molecule has 0 aromatic heterocycles. The van der Waals surface area contributed by atoms with Crippen molar-refractivity contribution in [3.63, 3.8) is 0 Å². The third-order valence-corrected chi connectivity index (χ3v) is 4.70. The molecule has 9 heteroatoms. The van der Waals surface area contributed by atoms with Crippen molar-refractivity contribution >= 4 is 27.6 Å². The van der Waals surface area contributed by atoms with Crippen molar-refractivity contribution in [1.82, 2.24) is 10.2 Å². The highest BCUT2D eigenvalue weighted by atomic mass is 32.2. The van der Waals surface area contributed by atoms with Crippen LogP contribution in [0.5, 0.6) is 5.75 Å². The van der Waals surface area contributed by atoms with Crippen LogP contribution in [-0.2, 0) is 14.6 Å². The van der Waals surface area contributed by atoms with E-state index in [1.165, 1.54) is 6.92 Å². The smallest absolute Gasteiger partial charge is 0.324 e. The number of hydrogen-bond acceptors (Lipinski definition) is 6. The molecular weight excluding hydrogens is 348 g/mol. The van der Waals surface area contributed by atoms with Crippen molar-refractivity contribution in [3.8, 4) is 5.75 Å². The van der Waals surface area contributed by atoms with E-state index in [2.05, 4.69) is 5.32 Å². The maximum atomic E-state index is 12.2. The van der Waals surface area contributed by atoms with E-state index in [1.807, 2.05) is 0 Å². The highest BCUT2D eigenvalue weighted by Crippen LogP contribution is 2.18. The lowest BCUT2D eigenvalue weighted by Crippen LogP contribution is -2.35. The summed E-state index contributed by atoms with van der Waals surface area (Å²) >= 11 is 0. The molecule has 1 heterocycles. The van der Waals surface area contributed by atoms with Crippen LogP contribution in [0.1, 0.15) is 23.7 Å². The number of rotatable bonds is 8. The number of ketones is 1. The first-order valence-electron chi connectivity index (χ1n) is 7.71. The SMILES string of the molecule is CC(=O)c1ccccc1OCCN1C(=O)N[C@@H](CCS(C)(=O)=O)C1=O. The quantitative estimate of drug-likeness (QED) is 0.532.